The molecule has 4 heterocycles. The van der Waals surface area contributed by atoms with E-state index in [0.29, 0.717) is 13.0 Å². The van der Waals surface area contributed by atoms with Crippen LogP contribution in [0.15, 0.2) is 30.3 Å². The molecule has 46 heavy (non-hydrogen) atoms. The van der Waals surface area contributed by atoms with Gasteiger partial charge in [-0.2, -0.15) is 9.97 Å². The lowest BCUT2D eigenvalue weighted by Crippen LogP contribution is -2.44. The number of halogens is 4. The van der Waals surface area contributed by atoms with Gasteiger partial charge in [0.15, 0.2) is 5.82 Å². The van der Waals surface area contributed by atoms with Crippen LogP contribution in [0.4, 0.5) is 23.4 Å². The Labute approximate surface area is 262 Å². The first-order valence-corrected chi connectivity index (χ1v) is 15.2. The van der Waals surface area contributed by atoms with E-state index in [-0.39, 0.29) is 83.3 Å². The molecular formula is C34H32F4N4O4. The number of aromatic nitrogens is 2. The molecule has 3 saturated heterocycles. The van der Waals surface area contributed by atoms with Crippen LogP contribution < -0.4 is 9.64 Å². The molecule has 7 rings (SSSR count). The van der Waals surface area contributed by atoms with E-state index in [1.807, 2.05) is 0 Å². The van der Waals surface area contributed by atoms with Gasteiger partial charge in [0.1, 0.15) is 47.1 Å². The molecule has 2 N–H and O–H groups in total. The first-order valence-electron chi connectivity index (χ1n) is 15.2. The minimum Gasteiger partial charge on any atom is -0.508 e. The van der Waals surface area contributed by atoms with Crippen LogP contribution in [0.5, 0.6) is 11.8 Å². The van der Waals surface area contributed by atoms with Crippen LogP contribution in [-0.2, 0) is 4.74 Å². The molecule has 3 aliphatic rings. The Balaban J connectivity index is 1.42. The van der Waals surface area contributed by atoms with E-state index in [2.05, 4.69) is 20.8 Å². The van der Waals surface area contributed by atoms with E-state index in [4.69, 9.17) is 15.9 Å². The van der Waals surface area contributed by atoms with Gasteiger partial charge in [0.2, 0.25) is 0 Å². The van der Waals surface area contributed by atoms with Crippen molar-refractivity contribution in [2.45, 2.75) is 43.5 Å². The summed E-state index contributed by atoms with van der Waals surface area (Å²) in [4.78, 5) is 12.7. The van der Waals surface area contributed by atoms with E-state index < -0.39 is 40.3 Å². The van der Waals surface area contributed by atoms with Crippen LogP contribution in [0.3, 0.4) is 0 Å². The Hall–Kier alpha value is -4.18. The number of aliphatic hydroxyl groups is 1. The van der Waals surface area contributed by atoms with Crippen molar-refractivity contribution >= 4 is 27.5 Å². The molecule has 1 unspecified atom stereocenters. The molecule has 0 amide bonds. The standard InChI is InChI=1S/C34H32F4N4O4/c1-3-22-25(36)6-5-19-11-21(43)12-23(27(19)22)28-26(37)13-24-30(29(28)38)39-32(40-31(24)41-9-10-45-17-33(2,44)16-41)46-18-34-7-4-8-42(34)15-20(35)14-34/h1,5-6,11-13,20,43-44H,4,7-10,14-18H2,2H3/t20-,33?,34+/m1/s1. The molecule has 3 atom stereocenters. The molecule has 12 heteroatoms. The molecule has 0 bridgehead atoms. The van der Waals surface area contributed by atoms with E-state index in [0.717, 1.165) is 37.6 Å². The Kier molecular flexibility index (Phi) is 7.46. The number of phenols is 1. The molecule has 0 spiro atoms. The summed E-state index contributed by atoms with van der Waals surface area (Å²) >= 11 is 0. The van der Waals surface area contributed by atoms with Crippen LogP contribution in [0.1, 0.15) is 31.7 Å². The quantitative estimate of drug-likeness (QED) is 0.231. The van der Waals surface area contributed by atoms with E-state index in [1.54, 1.807) is 11.8 Å². The SMILES string of the molecule is C#Cc1c(F)ccc2cc(O)cc(-c3c(F)cc4c(N5CCOCC(C)(O)C5)nc(OC[C@@]56CCCN5C[C@H](F)C6)nc4c3F)c12. The second-order valence-electron chi connectivity index (χ2n) is 12.8. The van der Waals surface area contributed by atoms with Crippen molar-refractivity contribution < 1.29 is 37.2 Å². The third-order valence-corrected chi connectivity index (χ3v) is 9.29. The fourth-order valence-electron chi connectivity index (χ4n) is 7.31. The number of hydrogen-bond donors (Lipinski definition) is 2. The number of alkyl halides is 1. The molecule has 3 aromatic carbocycles. The molecule has 240 valence electrons. The van der Waals surface area contributed by atoms with Gasteiger partial charge in [-0.25, -0.2) is 17.6 Å². The van der Waals surface area contributed by atoms with Gasteiger partial charge in [0.25, 0.3) is 0 Å². The summed E-state index contributed by atoms with van der Waals surface area (Å²) in [5.74, 6) is -0.826. The molecule has 0 aliphatic carbocycles. The molecular weight excluding hydrogens is 604 g/mol. The predicted octanol–water partition coefficient (Wildman–Crippen LogP) is 5.10. The minimum atomic E-state index is -1.30. The number of β-amino-alcohol motifs (C(OH)–C–C–N with tert-alkyl or cyclic N) is 1. The second-order valence-corrected chi connectivity index (χ2v) is 12.8. The van der Waals surface area contributed by atoms with Crippen LogP contribution in [0.2, 0.25) is 0 Å². The summed E-state index contributed by atoms with van der Waals surface area (Å²) < 4.78 is 73.9. The molecule has 3 aliphatic heterocycles. The van der Waals surface area contributed by atoms with Crippen LogP contribution in [-0.4, -0.2) is 88.4 Å². The van der Waals surface area contributed by atoms with Crippen molar-refractivity contribution in [3.63, 3.8) is 0 Å². The fraction of sp³-hybridized carbons (Fsp3) is 0.412. The third-order valence-electron chi connectivity index (χ3n) is 9.29. The highest BCUT2D eigenvalue weighted by Gasteiger charge is 2.49. The predicted molar refractivity (Wildman–Crippen MR) is 164 cm³/mol. The summed E-state index contributed by atoms with van der Waals surface area (Å²) in [6, 6.07) is 5.80. The first-order chi connectivity index (χ1) is 22.0. The van der Waals surface area contributed by atoms with Crippen molar-refractivity contribution in [3.05, 3.63) is 53.3 Å². The van der Waals surface area contributed by atoms with Gasteiger partial charge in [0, 0.05) is 35.8 Å². The highest BCUT2D eigenvalue weighted by molar-refractivity contribution is 6.04. The lowest BCUT2D eigenvalue weighted by Gasteiger charge is -2.31. The van der Waals surface area contributed by atoms with Gasteiger partial charge in [-0.15, -0.1) is 6.42 Å². The van der Waals surface area contributed by atoms with Crippen LogP contribution in [0, 0.1) is 29.8 Å². The van der Waals surface area contributed by atoms with Gasteiger partial charge in [-0.05, 0) is 56.0 Å². The summed E-state index contributed by atoms with van der Waals surface area (Å²) in [6.45, 7) is 3.25. The molecule has 1 aromatic heterocycles. The van der Waals surface area contributed by atoms with Crippen molar-refractivity contribution in [2.75, 3.05) is 50.9 Å². The number of fused-ring (bicyclic) bond motifs is 3. The zero-order valence-electron chi connectivity index (χ0n) is 25.1. The van der Waals surface area contributed by atoms with Crippen molar-refractivity contribution in [2.24, 2.45) is 0 Å². The van der Waals surface area contributed by atoms with Crippen LogP contribution in [0.25, 0.3) is 32.8 Å². The number of benzene rings is 3. The lowest BCUT2D eigenvalue weighted by molar-refractivity contribution is -0.0123. The number of terminal acetylenes is 1. The normalized spacial score (nSPS) is 25.2. The molecule has 8 nitrogen and oxygen atoms in total. The van der Waals surface area contributed by atoms with Gasteiger partial charge >= 0.3 is 6.01 Å². The average molecular weight is 637 g/mol. The highest BCUT2D eigenvalue weighted by Crippen LogP contribution is 2.43. The number of rotatable bonds is 5. The lowest BCUT2D eigenvalue weighted by atomic mass is 9.92. The molecule has 3 fully saturated rings. The van der Waals surface area contributed by atoms with Crippen molar-refractivity contribution in [1.82, 2.24) is 14.9 Å². The van der Waals surface area contributed by atoms with Gasteiger partial charge in [-0.1, -0.05) is 12.0 Å². The third kappa shape index (κ3) is 5.16. The van der Waals surface area contributed by atoms with Gasteiger partial charge < -0.3 is 24.6 Å². The Bertz CT molecular complexity index is 1910. The second kappa shape index (κ2) is 11.3. The largest absolute Gasteiger partial charge is 0.508 e. The maximum atomic E-state index is 16.8. The zero-order chi connectivity index (χ0) is 32.4. The number of hydrogen-bond acceptors (Lipinski definition) is 8. The van der Waals surface area contributed by atoms with E-state index >= 15 is 8.78 Å². The Morgan fingerprint density at radius 2 is 1.98 bits per heavy atom. The van der Waals surface area contributed by atoms with Gasteiger partial charge in [-0.3, -0.25) is 4.90 Å². The monoisotopic (exact) mass is 636 g/mol. The Morgan fingerprint density at radius 3 is 2.78 bits per heavy atom. The number of phenolic OH excluding ortho intramolecular Hbond substituents is 1. The number of ether oxygens (including phenoxy) is 2. The van der Waals surface area contributed by atoms with Gasteiger partial charge in [0.05, 0.1) is 36.4 Å². The van der Waals surface area contributed by atoms with Crippen molar-refractivity contribution in [1.29, 1.82) is 0 Å². The number of nitrogens with zero attached hydrogens (tertiary/aromatic N) is 4. The van der Waals surface area contributed by atoms with Crippen molar-refractivity contribution in [3.8, 4) is 35.2 Å². The molecule has 4 aromatic rings. The molecule has 0 saturated carbocycles. The highest BCUT2D eigenvalue weighted by atomic mass is 19.1. The zero-order valence-corrected chi connectivity index (χ0v) is 25.1. The maximum Gasteiger partial charge on any atom is 0.319 e. The topological polar surface area (TPSA) is 91.2 Å². The average Bonchev–Trinajstić information content (AvgIpc) is 3.46. The fourth-order valence-corrected chi connectivity index (χ4v) is 7.31. The Morgan fingerprint density at radius 1 is 1.15 bits per heavy atom. The van der Waals surface area contributed by atoms with Crippen LogP contribution >= 0.6 is 0 Å². The summed E-state index contributed by atoms with van der Waals surface area (Å²) in [7, 11) is 0. The summed E-state index contributed by atoms with van der Waals surface area (Å²) in [5, 5.41) is 21.7. The first kappa shape index (κ1) is 30.5. The maximum absolute atomic E-state index is 16.8. The van der Waals surface area contributed by atoms with E-state index in [9.17, 15) is 19.0 Å². The number of anilines is 1. The summed E-state index contributed by atoms with van der Waals surface area (Å²) in [6.07, 6.45) is 6.53. The summed E-state index contributed by atoms with van der Waals surface area (Å²) in [5.41, 5.74) is -3.09. The minimum absolute atomic E-state index is 0.00181. The van der Waals surface area contributed by atoms with E-state index in [1.165, 1.54) is 12.1 Å². The smallest absolute Gasteiger partial charge is 0.319 e. The molecule has 0 radical (unpaired) electrons. The number of aromatic hydroxyl groups is 1.